The monoisotopic (exact) mass is 262 g/mol. The SMILES string of the molecule is Cn1nnc(CNCC(C)(C)NS(C)(=O)=O)n1. The van der Waals surface area contributed by atoms with Crippen molar-refractivity contribution in [1.82, 2.24) is 30.2 Å². The summed E-state index contributed by atoms with van der Waals surface area (Å²) in [5, 5.41) is 14.6. The van der Waals surface area contributed by atoms with Gasteiger partial charge in [0.1, 0.15) is 0 Å². The minimum Gasteiger partial charge on any atom is -0.308 e. The fraction of sp³-hybridized carbons (Fsp3) is 0.875. The molecular weight excluding hydrogens is 244 g/mol. The molecule has 9 heteroatoms. The van der Waals surface area contributed by atoms with E-state index in [2.05, 4.69) is 25.4 Å². The third-order valence-electron chi connectivity index (χ3n) is 1.86. The van der Waals surface area contributed by atoms with E-state index in [1.807, 2.05) is 0 Å². The molecule has 0 atom stereocenters. The summed E-state index contributed by atoms with van der Waals surface area (Å²) in [5.74, 6) is 0.572. The Hall–Kier alpha value is -1.06. The Morgan fingerprint density at radius 3 is 2.53 bits per heavy atom. The summed E-state index contributed by atoms with van der Waals surface area (Å²) in [6, 6.07) is 0. The molecule has 0 fully saturated rings. The third kappa shape index (κ3) is 5.71. The van der Waals surface area contributed by atoms with Crippen molar-refractivity contribution >= 4 is 10.0 Å². The first kappa shape index (κ1) is 14.0. The Morgan fingerprint density at radius 1 is 1.41 bits per heavy atom. The lowest BCUT2D eigenvalue weighted by atomic mass is 10.1. The van der Waals surface area contributed by atoms with Gasteiger partial charge in [-0.25, -0.2) is 13.1 Å². The molecule has 1 rings (SSSR count). The number of nitrogens with one attached hydrogen (secondary N) is 2. The van der Waals surface area contributed by atoms with Crippen molar-refractivity contribution in [1.29, 1.82) is 0 Å². The minimum absolute atomic E-state index is 0.447. The molecule has 98 valence electrons. The first-order valence-electron chi connectivity index (χ1n) is 5.10. The standard InChI is InChI=1S/C8H18N6O2S/c1-8(2,12-17(4,15)16)6-9-5-7-10-13-14(3)11-7/h9,12H,5-6H2,1-4H3. The normalized spacial score (nSPS) is 12.9. The number of hydrogen-bond acceptors (Lipinski definition) is 6. The molecule has 0 aromatic carbocycles. The largest absolute Gasteiger partial charge is 0.308 e. The molecule has 0 radical (unpaired) electrons. The van der Waals surface area contributed by atoms with E-state index in [4.69, 9.17) is 0 Å². The van der Waals surface area contributed by atoms with Crippen LogP contribution in [0.4, 0.5) is 0 Å². The fourth-order valence-electron chi connectivity index (χ4n) is 1.42. The second kappa shape index (κ2) is 5.07. The van der Waals surface area contributed by atoms with Gasteiger partial charge in [-0.05, 0) is 19.1 Å². The molecule has 0 aliphatic rings. The van der Waals surface area contributed by atoms with Gasteiger partial charge in [0.15, 0.2) is 5.82 Å². The molecule has 0 aliphatic carbocycles. The van der Waals surface area contributed by atoms with E-state index in [9.17, 15) is 8.42 Å². The first-order chi connectivity index (χ1) is 7.68. The highest BCUT2D eigenvalue weighted by atomic mass is 32.2. The highest BCUT2D eigenvalue weighted by Gasteiger charge is 2.21. The maximum Gasteiger partial charge on any atom is 0.209 e. The van der Waals surface area contributed by atoms with Crippen LogP contribution in [0.5, 0.6) is 0 Å². The van der Waals surface area contributed by atoms with Gasteiger partial charge in [-0.1, -0.05) is 0 Å². The maximum atomic E-state index is 11.1. The maximum absolute atomic E-state index is 11.1. The number of aromatic nitrogens is 4. The molecule has 1 aromatic heterocycles. The zero-order valence-electron chi connectivity index (χ0n) is 10.4. The summed E-state index contributed by atoms with van der Waals surface area (Å²) < 4.78 is 24.7. The molecular formula is C8H18N6O2S. The number of hydrogen-bond donors (Lipinski definition) is 2. The molecule has 1 aromatic rings. The van der Waals surface area contributed by atoms with Gasteiger partial charge in [-0.3, -0.25) is 0 Å². The topological polar surface area (TPSA) is 102 Å². The van der Waals surface area contributed by atoms with E-state index in [1.165, 1.54) is 4.80 Å². The zero-order chi connectivity index (χ0) is 13.1. The number of aryl methyl sites for hydroxylation is 1. The minimum atomic E-state index is -3.21. The molecule has 0 amide bonds. The van der Waals surface area contributed by atoms with Gasteiger partial charge in [0.2, 0.25) is 10.0 Å². The molecule has 0 aliphatic heterocycles. The molecule has 17 heavy (non-hydrogen) atoms. The highest BCUT2D eigenvalue weighted by Crippen LogP contribution is 2.02. The van der Waals surface area contributed by atoms with Crippen LogP contribution in [0.15, 0.2) is 0 Å². The van der Waals surface area contributed by atoms with Crippen molar-refractivity contribution in [2.75, 3.05) is 12.8 Å². The first-order valence-corrected chi connectivity index (χ1v) is 7.00. The van der Waals surface area contributed by atoms with Crippen LogP contribution >= 0.6 is 0 Å². The number of tetrazole rings is 1. The molecule has 0 saturated carbocycles. The fourth-order valence-corrected chi connectivity index (χ4v) is 2.49. The Balaban J connectivity index is 2.40. The molecule has 0 bridgehead atoms. The Kier molecular flexibility index (Phi) is 4.17. The van der Waals surface area contributed by atoms with Gasteiger partial charge in [-0.15, -0.1) is 10.2 Å². The average molecular weight is 262 g/mol. The zero-order valence-corrected chi connectivity index (χ0v) is 11.2. The van der Waals surface area contributed by atoms with Crippen molar-refractivity contribution in [3.8, 4) is 0 Å². The van der Waals surface area contributed by atoms with Gasteiger partial charge < -0.3 is 5.32 Å². The predicted octanol–water partition coefficient (Wildman–Crippen LogP) is -1.37. The van der Waals surface area contributed by atoms with Crippen LogP contribution in [0.25, 0.3) is 0 Å². The molecule has 0 spiro atoms. The number of sulfonamides is 1. The summed E-state index contributed by atoms with van der Waals surface area (Å²) in [7, 11) is -1.52. The van der Waals surface area contributed by atoms with E-state index in [0.29, 0.717) is 18.9 Å². The second-order valence-electron chi connectivity index (χ2n) is 4.56. The second-order valence-corrected chi connectivity index (χ2v) is 6.31. The number of nitrogens with zero attached hydrogens (tertiary/aromatic N) is 4. The smallest absolute Gasteiger partial charge is 0.209 e. The van der Waals surface area contributed by atoms with Crippen molar-refractivity contribution in [2.24, 2.45) is 7.05 Å². The lowest BCUT2D eigenvalue weighted by Crippen LogP contribution is -2.49. The predicted molar refractivity (Wildman–Crippen MR) is 62.6 cm³/mol. The van der Waals surface area contributed by atoms with Crippen LogP contribution < -0.4 is 10.0 Å². The average Bonchev–Trinajstić information content (AvgIpc) is 2.46. The highest BCUT2D eigenvalue weighted by molar-refractivity contribution is 7.88. The summed E-state index contributed by atoms with van der Waals surface area (Å²) in [4.78, 5) is 1.37. The van der Waals surface area contributed by atoms with Gasteiger partial charge >= 0.3 is 0 Å². The third-order valence-corrected chi connectivity index (χ3v) is 2.78. The summed E-state index contributed by atoms with van der Waals surface area (Å²) >= 11 is 0. The number of rotatable bonds is 6. The van der Waals surface area contributed by atoms with Crippen molar-refractivity contribution in [2.45, 2.75) is 25.9 Å². The Morgan fingerprint density at radius 2 is 2.06 bits per heavy atom. The summed E-state index contributed by atoms with van der Waals surface area (Å²) in [6.45, 7) is 4.51. The summed E-state index contributed by atoms with van der Waals surface area (Å²) in [5.41, 5.74) is -0.560. The Labute approximate surface area is 101 Å². The van der Waals surface area contributed by atoms with Crippen molar-refractivity contribution < 1.29 is 8.42 Å². The van der Waals surface area contributed by atoms with Crippen LogP contribution in [0, 0.1) is 0 Å². The van der Waals surface area contributed by atoms with Crippen LogP contribution in [0.2, 0.25) is 0 Å². The Bertz CT molecular complexity index is 466. The molecule has 0 saturated heterocycles. The lowest BCUT2D eigenvalue weighted by molar-refractivity contribution is 0.418. The van der Waals surface area contributed by atoms with Crippen LogP contribution in [0.3, 0.4) is 0 Å². The van der Waals surface area contributed by atoms with E-state index >= 15 is 0 Å². The van der Waals surface area contributed by atoms with Crippen LogP contribution in [-0.2, 0) is 23.6 Å². The summed E-state index contributed by atoms with van der Waals surface area (Å²) in [6.07, 6.45) is 1.14. The molecule has 1 heterocycles. The van der Waals surface area contributed by atoms with Crippen LogP contribution in [0.1, 0.15) is 19.7 Å². The van der Waals surface area contributed by atoms with Gasteiger partial charge in [-0.2, -0.15) is 4.80 Å². The van der Waals surface area contributed by atoms with Crippen LogP contribution in [-0.4, -0.2) is 47.0 Å². The van der Waals surface area contributed by atoms with Crippen molar-refractivity contribution in [3.05, 3.63) is 5.82 Å². The van der Waals surface area contributed by atoms with Gasteiger partial charge in [0.25, 0.3) is 0 Å². The molecule has 2 N–H and O–H groups in total. The van der Waals surface area contributed by atoms with E-state index in [1.54, 1.807) is 20.9 Å². The van der Waals surface area contributed by atoms with Crippen molar-refractivity contribution in [3.63, 3.8) is 0 Å². The lowest BCUT2D eigenvalue weighted by Gasteiger charge is -2.25. The molecule has 8 nitrogen and oxygen atoms in total. The molecule has 0 unspecified atom stereocenters. The quantitative estimate of drug-likeness (QED) is 0.655. The van der Waals surface area contributed by atoms with Gasteiger partial charge in [0.05, 0.1) is 19.8 Å². The van der Waals surface area contributed by atoms with E-state index in [0.717, 1.165) is 6.26 Å². The van der Waals surface area contributed by atoms with E-state index < -0.39 is 15.6 Å². The van der Waals surface area contributed by atoms with E-state index in [-0.39, 0.29) is 0 Å². The van der Waals surface area contributed by atoms with Gasteiger partial charge in [0, 0.05) is 12.1 Å².